The van der Waals surface area contributed by atoms with Crippen LogP contribution < -0.4 is 9.62 Å². The van der Waals surface area contributed by atoms with E-state index in [4.69, 9.17) is 23.2 Å². The summed E-state index contributed by atoms with van der Waals surface area (Å²) in [6, 6.07) is 11.3. The molecule has 3 rings (SSSR count). The second-order valence-electron chi connectivity index (χ2n) is 9.04. The molecule has 0 bridgehead atoms. The number of carbonyl (C=O) groups is 2. The lowest BCUT2D eigenvalue weighted by molar-refractivity contribution is -0.139. The minimum absolute atomic E-state index is 0.0964. The Kier molecular flexibility index (Phi) is 9.07. The highest BCUT2D eigenvalue weighted by molar-refractivity contribution is 7.92. The largest absolute Gasteiger partial charge is 0.352 e. The first-order valence-electron chi connectivity index (χ1n) is 11.5. The monoisotopic (exact) mass is 539 g/mol. The summed E-state index contributed by atoms with van der Waals surface area (Å²) in [6.07, 6.45) is 4.96. The SMILES string of the molecule is Cc1ccc(CN(C(=O)CN(c2cc(Cl)ccc2Cl)S(C)(=O)=O)C(C)C(=O)NC2CCCC2)cc1. The van der Waals surface area contributed by atoms with Crippen molar-refractivity contribution in [2.75, 3.05) is 17.1 Å². The number of rotatable bonds is 9. The van der Waals surface area contributed by atoms with Crippen molar-refractivity contribution in [1.29, 1.82) is 0 Å². The van der Waals surface area contributed by atoms with Crippen molar-refractivity contribution < 1.29 is 18.0 Å². The zero-order valence-corrected chi connectivity index (χ0v) is 22.5. The van der Waals surface area contributed by atoms with E-state index in [9.17, 15) is 18.0 Å². The van der Waals surface area contributed by atoms with Crippen molar-refractivity contribution in [3.05, 3.63) is 63.6 Å². The molecule has 0 saturated heterocycles. The van der Waals surface area contributed by atoms with E-state index >= 15 is 0 Å². The number of hydrogen-bond acceptors (Lipinski definition) is 4. The molecule has 1 atom stereocenters. The van der Waals surface area contributed by atoms with Crippen LogP contribution in [0.25, 0.3) is 0 Å². The Morgan fingerprint density at radius 2 is 1.71 bits per heavy atom. The summed E-state index contributed by atoms with van der Waals surface area (Å²) in [5.41, 5.74) is 2.00. The number of halogens is 2. The second-order valence-corrected chi connectivity index (χ2v) is 11.8. The maximum atomic E-state index is 13.6. The van der Waals surface area contributed by atoms with E-state index in [1.54, 1.807) is 6.92 Å². The van der Waals surface area contributed by atoms with E-state index in [2.05, 4.69) is 5.32 Å². The van der Waals surface area contributed by atoms with Gasteiger partial charge in [0.25, 0.3) is 0 Å². The Balaban J connectivity index is 1.90. The molecule has 1 unspecified atom stereocenters. The first-order valence-corrected chi connectivity index (χ1v) is 14.1. The van der Waals surface area contributed by atoms with Crippen LogP contribution in [0, 0.1) is 6.92 Å². The molecule has 1 saturated carbocycles. The van der Waals surface area contributed by atoms with Crippen LogP contribution in [0.15, 0.2) is 42.5 Å². The molecule has 0 aliphatic heterocycles. The lowest BCUT2D eigenvalue weighted by atomic mass is 10.1. The molecule has 7 nitrogen and oxygen atoms in total. The summed E-state index contributed by atoms with van der Waals surface area (Å²) in [6.45, 7) is 3.25. The van der Waals surface area contributed by atoms with E-state index in [-0.39, 0.29) is 34.2 Å². The minimum Gasteiger partial charge on any atom is -0.352 e. The fourth-order valence-electron chi connectivity index (χ4n) is 4.14. The Bertz CT molecular complexity index is 1170. The van der Waals surface area contributed by atoms with Gasteiger partial charge < -0.3 is 10.2 Å². The summed E-state index contributed by atoms with van der Waals surface area (Å²) in [7, 11) is -3.89. The number of benzene rings is 2. The molecular formula is C25H31Cl2N3O4S. The molecule has 0 radical (unpaired) electrons. The number of nitrogens with one attached hydrogen (secondary N) is 1. The van der Waals surface area contributed by atoms with Crippen LogP contribution in [0.4, 0.5) is 5.69 Å². The van der Waals surface area contributed by atoms with Gasteiger partial charge in [-0.05, 0) is 50.5 Å². The second kappa shape index (κ2) is 11.6. The highest BCUT2D eigenvalue weighted by atomic mass is 35.5. The summed E-state index contributed by atoms with van der Waals surface area (Å²) in [5, 5.41) is 3.46. The maximum absolute atomic E-state index is 13.6. The van der Waals surface area contributed by atoms with Gasteiger partial charge in [0.05, 0.1) is 17.0 Å². The Morgan fingerprint density at radius 1 is 1.09 bits per heavy atom. The van der Waals surface area contributed by atoms with Gasteiger partial charge >= 0.3 is 0 Å². The third-order valence-corrected chi connectivity index (χ3v) is 7.88. The summed E-state index contributed by atoms with van der Waals surface area (Å²) in [5.74, 6) is -0.787. The molecule has 2 aromatic rings. The highest BCUT2D eigenvalue weighted by Gasteiger charge is 2.32. The van der Waals surface area contributed by atoms with Gasteiger partial charge in [-0.1, -0.05) is 65.9 Å². The third-order valence-electron chi connectivity index (χ3n) is 6.20. The van der Waals surface area contributed by atoms with Crippen LogP contribution in [-0.2, 0) is 26.2 Å². The van der Waals surface area contributed by atoms with Gasteiger partial charge in [0.15, 0.2) is 0 Å². The zero-order chi connectivity index (χ0) is 25.8. The van der Waals surface area contributed by atoms with Crippen LogP contribution in [0.2, 0.25) is 10.0 Å². The van der Waals surface area contributed by atoms with Crippen LogP contribution in [0.1, 0.15) is 43.7 Å². The van der Waals surface area contributed by atoms with Crippen LogP contribution in [0.5, 0.6) is 0 Å². The number of sulfonamides is 1. The number of carbonyl (C=O) groups excluding carboxylic acids is 2. The molecule has 1 aliphatic rings. The fourth-order valence-corrected chi connectivity index (χ4v) is 5.43. The number of hydrogen-bond donors (Lipinski definition) is 1. The highest BCUT2D eigenvalue weighted by Crippen LogP contribution is 2.31. The summed E-state index contributed by atoms with van der Waals surface area (Å²) in [4.78, 5) is 28.1. The Labute approximate surface area is 217 Å². The van der Waals surface area contributed by atoms with E-state index in [1.165, 1.54) is 23.1 Å². The molecule has 2 aromatic carbocycles. The standard InChI is InChI=1S/C25H31Cl2N3O4S/c1-17-8-10-19(11-9-17)15-29(18(2)25(32)28-21-6-4-5-7-21)24(31)16-30(35(3,33)34)23-14-20(26)12-13-22(23)27/h8-14,18,21H,4-7,15-16H2,1-3H3,(H,28,32). The summed E-state index contributed by atoms with van der Waals surface area (Å²) >= 11 is 12.3. The number of amides is 2. The molecule has 1 aliphatic carbocycles. The van der Waals surface area contributed by atoms with E-state index in [1.807, 2.05) is 31.2 Å². The van der Waals surface area contributed by atoms with Gasteiger partial charge in [0.1, 0.15) is 12.6 Å². The van der Waals surface area contributed by atoms with Gasteiger partial charge in [-0.2, -0.15) is 0 Å². The molecular weight excluding hydrogens is 509 g/mol. The molecule has 0 heterocycles. The molecule has 10 heteroatoms. The Morgan fingerprint density at radius 3 is 2.31 bits per heavy atom. The van der Waals surface area contributed by atoms with Gasteiger partial charge in [0.2, 0.25) is 21.8 Å². The average molecular weight is 541 g/mol. The van der Waals surface area contributed by atoms with Crippen molar-refractivity contribution in [2.24, 2.45) is 0 Å². The maximum Gasteiger partial charge on any atom is 0.244 e. The predicted octanol–water partition coefficient (Wildman–Crippen LogP) is 4.54. The Hall–Kier alpha value is -2.29. The van der Waals surface area contributed by atoms with Gasteiger partial charge in [-0.3, -0.25) is 13.9 Å². The van der Waals surface area contributed by atoms with Crippen molar-refractivity contribution in [1.82, 2.24) is 10.2 Å². The molecule has 0 aromatic heterocycles. The average Bonchev–Trinajstić information content (AvgIpc) is 3.30. The van der Waals surface area contributed by atoms with Gasteiger partial charge in [-0.25, -0.2) is 8.42 Å². The van der Waals surface area contributed by atoms with Crippen molar-refractivity contribution >= 4 is 50.7 Å². The van der Waals surface area contributed by atoms with Crippen molar-refractivity contribution in [2.45, 2.75) is 58.2 Å². The molecule has 2 amide bonds. The number of nitrogens with zero attached hydrogens (tertiary/aromatic N) is 2. The van der Waals surface area contributed by atoms with Gasteiger partial charge in [0, 0.05) is 17.6 Å². The molecule has 35 heavy (non-hydrogen) atoms. The predicted molar refractivity (Wildman–Crippen MR) is 140 cm³/mol. The van der Waals surface area contributed by atoms with E-state index in [0.29, 0.717) is 0 Å². The topological polar surface area (TPSA) is 86.8 Å². The van der Waals surface area contributed by atoms with E-state index < -0.39 is 28.5 Å². The fraction of sp³-hybridized carbons (Fsp3) is 0.440. The quantitative estimate of drug-likeness (QED) is 0.506. The smallest absolute Gasteiger partial charge is 0.244 e. The van der Waals surface area contributed by atoms with Crippen molar-refractivity contribution in [3.8, 4) is 0 Å². The van der Waals surface area contributed by atoms with Crippen molar-refractivity contribution in [3.63, 3.8) is 0 Å². The lowest BCUT2D eigenvalue weighted by Gasteiger charge is -2.32. The zero-order valence-electron chi connectivity index (χ0n) is 20.1. The summed E-state index contributed by atoms with van der Waals surface area (Å²) < 4.78 is 26.2. The first-order chi connectivity index (χ1) is 16.5. The normalized spacial score (nSPS) is 15.0. The van der Waals surface area contributed by atoms with Crippen LogP contribution in [0.3, 0.4) is 0 Å². The number of anilines is 1. The number of aryl methyl sites for hydroxylation is 1. The third kappa shape index (κ3) is 7.35. The molecule has 0 spiro atoms. The lowest BCUT2D eigenvalue weighted by Crippen LogP contribution is -2.52. The minimum atomic E-state index is -3.89. The first kappa shape index (κ1) is 27.3. The molecule has 190 valence electrons. The van der Waals surface area contributed by atoms with Gasteiger partial charge in [-0.15, -0.1) is 0 Å². The van der Waals surface area contributed by atoms with E-state index in [0.717, 1.165) is 47.4 Å². The van der Waals surface area contributed by atoms with Crippen LogP contribution in [-0.4, -0.2) is 50.0 Å². The van der Waals surface area contributed by atoms with Crippen LogP contribution >= 0.6 is 23.2 Å². The molecule has 1 fully saturated rings. The molecule has 1 N–H and O–H groups in total.